The third-order valence-corrected chi connectivity index (χ3v) is 3.38. The molecule has 1 heterocycles. The summed E-state index contributed by atoms with van der Waals surface area (Å²) in [5, 5.41) is 2.46. The van der Waals surface area contributed by atoms with E-state index in [9.17, 15) is 0 Å². The first kappa shape index (κ1) is 11.9. The Bertz CT molecular complexity index is 672. The molecule has 0 saturated carbocycles. The second-order valence-corrected chi connectivity index (χ2v) is 4.70. The molecule has 0 aliphatic heterocycles. The van der Waals surface area contributed by atoms with E-state index in [-0.39, 0.29) is 6.04 Å². The zero-order valence-corrected chi connectivity index (χ0v) is 10.7. The lowest BCUT2D eigenvalue weighted by atomic mass is 9.96. The lowest BCUT2D eigenvalue weighted by molar-refractivity contribution is 0.712. The number of nitrogens with two attached hydrogens (primary N) is 1. The summed E-state index contributed by atoms with van der Waals surface area (Å²) in [5.41, 5.74) is 8.57. The maximum atomic E-state index is 6.35. The normalized spacial score (nSPS) is 12.5. The van der Waals surface area contributed by atoms with E-state index in [0.29, 0.717) is 0 Å². The molecule has 0 aliphatic rings. The summed E-state index contributed by atoms with van der Waals surface area (Å²) < 4.78 is 0. The number of benzene rings is 2. The quantitative estimate of drug-likeness (QED) is 0.770. The van der Waals surface area contributed by atoms with Crippen molar-refractivity contribution < 1.29 is 0 Å². The van der Waals surface area contributed by atoms with Crippen LogP contribution in [0.5, 0.6) is 0 Å². The average Bonchev–Trinajstić information content (AvgIpc) is 2.47. The largest absolute Gasteiger partial charge is 0.324 e. The standard InChI is InChI=1S/C17H16N2/c18-17(12-14-8-3-4-11-19-14)16-10-5-7-13-6-1-2-9-15(13)16/h1-11,17H,12,18H2. The lowest BCUT2D eigenvalue weighted by Crippen LogP contribution is -2.14. The van der Waals surface area contributed by atoms with E-state index in [1.54, 1.807) is 0 Å². The molecule has 2 heteroatoms. The van der Waals surface area contributed by atoms with E-state index >= 15 is 0 Å². The van der Waals surface area contributed by atoms with Gasteiger partial charge in [0.05, 0.1) is 0 Å². The Morgan fingerprint density at radius 2 is 1.68 bits per heavy atom. The number of rotatable bonds is 3. The minimum atomic E-state index is -0.0269. The summed E-state index contributed by atoms with van der Waals surface area (Å²) in [6.07, 6.45) is 2.57. The molecule has 0 aliphatic carbocycles. The Labute approximate surface area is 112 Å². The highest BCUT2D eigenvalue weighted by atomic mass is 14.7. The van der Waals surface area contributed by atoms with Crippen LogP contribution in [0.15, 0.2) is 66.9 Å². The second kappa shape index (κ2) is 5.21. The van der Waals surface area contributed by atoms with Crippen molar-refractivity contribution in [2.75, 3.05) is 0 Å². The highest BCUT2D eigenvalue weighted by molar-refractivity contribution is 5.86. The Hall–Kier alpha value is -2.19. The van der Waals surface area contributed by atoms with Crippen LogP contribution in [0.3, 0.4) is 0 Å². The number of fused-ring (bicyclic) bond motifs is 1. The number of nitrogens with zero attached hydrogens (tertiary/aromatic N) is 1. The fourth-order valence-electron chi connectivity index (χ4n) is 2.43. The first-order valence-electron chi connectivity index (χ1n) is 6.48. The molecule has 19 heavy (non-hydrogen) atoms. The molecule has 0 amide bonds. The van der Waals surface area contributed by atoms with Gasteiger partial charge < -0.3 is 5.73 Å². The van der Waals surface area contributed by atoms with Crippen LogP contribution in [0, 0.1) is 0 Å². The lowest BCUT2D eigenvalue weighted by Gasteiger charge is -2.14. The predicted octanol–water partition coefficient (Wildman–Crippen LogP) is 3.48. The van der Waals surface area contributed by atoms with Gasteiger partial charge in [0.15, 0.2) is 0 Å². The van der Waals surface area contributed by atoms with Gasteiger partial charge >= 0.3 is 0 Å². The Balaban J connectivity index is 1.96. The van der Waals surface area contributed by atoms with Gasteiger partial charge in [-0.2, -0.15) is 0 Å². The fourth-order valence-corrected chi connectivity index (χ4v) is 2.43. The Morgan fingerprint density at radius 1 is 0.895 bits per heavy atom. The van der Waals surface area contributed by atoms with Gasteiger partial charge in [-0.1, -0.05) is 48.5 Å². The molecule has 2 nitrogen and oxygen atoms in total. The molecule has 3 rings (SSSR count). The monoisotopic (exact) mass is 248 g/mol. The molecule has 1 aromatic heterocycles. The van der Waals surface area contributed by atoms with Gasteiger partial charge in [-0.15, -0.1) is 0 Å². The molecule has 0 fully saturated rings. The SMILES string of the molecule is NC(Cc1ccccn1)c1cccc2ccccc12. The molecule has 0 radical (unpaired) electrons. The number of aromatic nitrogens is 1. The van der Waals surface area contributed by atoms with Crippen molar-refractivity contribution in [2.24, 2.45) is 5.73 Å². The minimum Gasteiger partial charge on any atom is -0.324 e. The zero-order chi connectivity index (χ0) is 13.1. The van der Waals surface area contributed by atoms with Gasteiger partial charge in [0.25, 0.3) is 0 Å². The molecule has 1 atom stereocenters. The van der Waals surface area contributed by atoms with Crippen LogP contribution >= 0.6 is 0 Å². The van der Waals surface area contributed by atoms with E-state index in [1.165, 1.54) is 16.3 Å². The molecule has 3 aromatic rings. The van der Waals surface area contributed by atoms with Crippen LogP contribution < -0.4 is 5.73 Å². The average molecular weight is 248 g/mol. The Morgan fingerprint density at radius 3 is 2.53 bits per heavy atom. The van der Waals surface area contributed by atoms with Crippen molar-refractivity contribution in [3.8, 4) is 0 Å². The van der Waals surface area contributed by atoms with Crippen molar-refractivity contribution in [1.29, 1.82) is 0 Å². The number of hydrogen-bond donors (Lipinski definition) is 1. The summed E-state index contributed by atoms with van der Waals surface area (Å²) in [6.45, 7) is 0. The third kappa shape index (κ3) is 2.49. The van der Waals surface area contributed by atoms with E-state index < -0.39 is 0 Å². The van der Waals surface area contributed by atoms with Gasteiger partial charge in [-0.25, -0.2) is 0 Å². The zero-order valence-electron chi connectivity index (χ0n) is 10.7. The van der Waals surface area contributed by atoms with E-state index in [2.05, 4.69) is 47.4 Å². The molecule has 1 unspecified atom stereocenters. The van der Waals surface area contributed by atoms with Crippen LogP contribution in [-0.4, -0.2) is 4.98 Å². The molecule has 0 saturated heterocycles. The van der Waals surface area contributed by atoms with E-state index in [0.717, 1.165) is 12.1 Å². The van der Waals surface area contributed by atoms with Crippen molar-refractivity contribution >= 4 is 10.8 Å². The van der Waals surface area contributed by atoms with Crippen molar-refractivity contribution in [2.45, 2.75) is 12.5 Å². The van der Waals surface area contributed by atoms with Gasteiger partial charge in [0.1, 0.15) is 0 Å². The first-order chi connectivity index (χ1) is 9.34. The molecule has 94 valence electrons. The summed E-state index contributed by atoms with van der Waals surface area (Å²) in [6, 6.07) is 20.6. The molecule has 0 spiro atoms. The predicted molar refractivity (Wildman–Crippen MR) is 78.8 cm³/mol. The van der Waals surface area contributed by atoms with E-state index in [1.807, 2.05) is 24.4 Å². The minimum absolute atomic E-state index is 0.0269. The maximum absolute atomic E-state index is 6.35. The molecule has 0 bridgehead atoms. The van der Waals surface area contributed by atoms with Crippen molar-refractivity contribution in [3.63, 3.8) is 0 Å². The third-order valence-electron chi connectivity index (χ3n) is 3.38. The maximum Gasteiger partial charge on any atom is 0.0422 e. The van der Waals surface area contributed by atoms with Crippen LogP contribution in [0.25, 0.3) is 10.8 Å². The Kier molecular flexibility index (Phi) is 3.25. The molecular weight excluding hydrogens is 232 g/mol. The highest BCUT2D eigenvalue weighted by Crippen LogP contribution is 2.24. The summed E-state index contributed by atoms with van der Waals surface area (Å²) >= 11 is 0. The number of pyridine rings is 1. The van der Waals surface area contributed by atoms with Crippen LogP contribution in [-0.2, 0) is 6.42 Å². The van der Waals surface area contributed by atoms with Gasteiger partial charge in [0.2, 0.25) is 0 Å². The van der Waals surface area contributed by atoms with Gasteiger partial charge in [0, 0.05) is 24.4 Å². The summed E-state index contributed by atoms with van der Waals surface area (Å²) in [4.78, 5) is 4.34. The van der Waals surface area contributed by atoms with E-state index in [4.69, 9.17) is 5.73 Å². The summed E-state index contributed by atoms with van der Waals surface area (Å²) in [5.74, 6) is 0. The van der Waals surface area contributed by atoms with Gasteiger partial charge in [-0.3, -0.25) is 4.98 Å². The smallest absolute Gasteiger partial charge is 0.0422 e. The van der Waals surface area contributed by atoms with Crippen LogP contribution in [0.1, 0.15) is 17.3 Å². The summed E-state index contributed by atoms with van der Waals surface area (Å²) in [7, 11) is 0. The topological polar surface area (TPSA) is 38.9 Å². The van der Waals surface area contributed by atoms with Crippen molar-refractivity contribution in [1.82, 2.24) is 4.98 Å². The van der Waals surface area contributed by atoms with Crippen LogP contribution in [0.4, 0.5) is 0 Å². The fraction of sp³-hybridized carbons (Fsp3) is 0.118. The highest BCUT2D eigenvalue weighted by Gasteiger charge is 2.10. The first-order valence-corrected chi connectivity index (χ1v) is 6.48. The van der Waals surface area contributed by atoms with Gasteiger partial charge in [-0.05, 0) is 28.5 Å². The van der Waals surface area contributed by atoms with Crippen molar-refractivity contribution in [3.05, 3.63) is 78.1 Å². The molecular formula is C17H16N2. The second-order valence-electron chi connectivity index (χ2n) is 4.70. The number of hydrogen-bond acceptors (Lipinski definition) is 2. The molecule has 2 N–H and O–H groups in total. The van der Waals surface area contributed by atoms with Crippen LogP contribution in [0.2, 0.25) is 0 Å². The molecule has 2 aromatic carbocycles.